The van der Waals surface area contributed by atoms with Crippen LogP contribution in [0.5, 0.6) is 0 Å². The van der Waals surface area contributed by atoms with Crippen molar-refractivity contribution in [2.24, 2.45) is 0 Å². The molecule has 0 atom stereocenters. The molecule has 0 saturated heterocycles. The molecule has 1 saturated carbocycles. The van der Waals surface area contributed by atoms with Crippen LogP contribution in [0.15, 0.2) is 22.7 Å². The van der Waals surface area contributed by atoms with E-state index in [0.717, 1.165) is 30.2 Å². The number of anilines is 1. The Morgan fingerprint density at radius 1 is 1.29 bits per heavy atom. The first-order chi connectivity index (χ1) is 8.16. The molecule has 3 nitrogen and oxygen atoms in total. The minimum Gasteiger partial charge on any atom is -0.459 e. The number of hydrogen-bond donors (Lipinski definition) is 1. The molecule has 1 fully saturated rings. The molecular weight excluding hydrogens is 282 g/mol. The number of rotatable bonds is 2. The Labute approximate surface area is 109 Å². The smallest absolute Gasteiger partial charge is 0.340 e. The summed E-state index contributed by atoms with van der Waals surface area (Å²) in [6.07, 6.45) is 5.54. The lowest BCUT2D eigenvalue weighted by atomic mass is 9.98. The van der Waals surface area contributed by atoms with E-state index in [1.54, 1.807) is 12.1 Å². The van der Waals surface area contributed by atoms with Gasteiger partial charge in [-0.05, 0) is 43.9 Å². The van der Waals surface area contributed by atoms with E-state index in [0.29, 0.717) is 11.3 Å². The second kappa shape index (κ2) is 5.54. The van der Waals surface area contributed by atoms with Gasteiger partial charge in [0.25, 0.3) is 0 Å². The van der Waals surface area contributed by atoms with Crippen molar-refractivity contribution in [3.05, 3.63) is 28.2 Å². The summed E-state index contributed by atoms with van der Waals surface area (Å²) >= 11 is 3.33. The predicted molar refractivity (Wildman–Crippen MR) is 70.8 cm³/mol. The zero-order valence-electron chi connectivity index (χ0n) is 9.62. The summed E-state index contributed by atoms with van der Waals surface area (Å²) in [5.74, 6) is -0.310. The van der Waals surface area contributed by atoms with Crippen LogP contribution < -0.4 is 5.73 Å². The van der Waals surface area contributed by atoms with Gasteiger partial charge < -0.3 is 10.5 Å². The zero-order chi connectivity index (χ0) is 12.3. The van der Waals surface area contributed by atoms with Crippen molar-refractivity contribution in [2.45, 2.75) is 38.2 Å². The van der Waals surface area contributed by atoms with Crippen LogP contribution in [0.1, 0.15) is 42.5 Å². The minimum absolute atomic E-state index is 0.0645. The molecule has 17 heavy (non-hydrogen) atoms. The van der Waals surface area contributed by atoms with Crippen molar-refractivity contribution in [2.75, 3.05) is 5.73 Å². The highest BCUT2D eigenvalue weighted by Crippen LogP contribution is 2.24. The van der Waals surface area contributed by atoms with Crippen LogP contribution in [-0.2, 0) is 4.74 Å². The standard InChI is InChI=1S/C13H16BrNO2/c14-9-6-7-12(15)11(8-9)13(16)17-10-4-2-1-3-5-10/h6-8,10H,1-5,15H2. The largest absolute Gasteiger partial charge is 0.459 e. The van der Waals surface area contributed by atoms with Crippen molar-refractivity contribution in [1.29, 1.82) is 0 Å². The van der Waals surface area contributed by atoms with Gasteiger partial charge in [-0.1, -0.05) is 22.4 Å². The van der Waals surface area contributed by atoms with Crippen LogP contribution in [0.2, 0.25) is 0 Å². The van der Waals surface area contributed by atoms with Gasteiger partial charge in [0.15, 0.2) is 0 Å². The van der Waals surface area contributed by atoms with Crippen LogP contribution >= 0.6 is 15.9 Å². The molecule has 4 heteroatoms. The Kier molecular flexibility index (Phi) is 4.05. The highest BCUT2D eigenvalue weighted by molar-refractivity contribution is 9.10. The third-order valence-corrected chi connectivity index (χ3v) is 3.55. The molecule has 0 aromatic heterocycles. The number of nitrogen functional groups attached to an aromatic ring is 1. The van der Waals surface area contributed by atoms with Crippen molar-refractivity contribution in [3.63, 3.8) is 0 Å². The van der Waals surface area contributed by atoms with Gasteiger partial charge in [-0.2, -0.15) is 0 Å². The highest BCUT2D eigenvalue weighted by Gasteiger charge is 2.20. The van der Waals surface area contributed by atoms with E-state index in [2.05, 4.69) is 15.9 Å². The Morgan fingerprint density at radius 3 is 2.71 bits per heavy atom. The summed E-state index contributed by atoms with van der Waals surface area (Å²) in [6.45, 7) is 0. The Morgan fingerprint density at radius 2 is 2.00 bits per heavy atom. The van der Waals surface area contributed by atoms with Gasteiger partial charge in [0.05, 0.1) is 5.56 Å². The van der Waals surface area contributed by atoms with Gasteiger partial charge in [-0.3, -0.25) is 0 Å². The predicted octanol–water partition coefficient (Wildman–Crippen LogP) is 3.52. The fraction of sp³-hybridized carbons (Fsp3) is 0.462. The summed E-state index contributed by atoms with van der Waals surface area (Å²) in [5, 5.41) is 0. The number of carbonyl (C=O) groups excluding carboxylic acids is 1. The maximum Gasteiger partial charge on any atom is 0.340 e. The van der Waals surface area contributed by atoms with Crippen LogP contribution in [-0.4, -0.2) is 12.1 Å². The van der Waals surface area contributed by atoms with Gasteiger partial charge in [0.2, 0.25) is 0 Å². The molecule has 0 radical (unpaired) electrons. The van der Waals surface area contributed by atoms with Crippen molar-refractivity contribution < 1.29 is 9.53 Å². The minimum atomic E-state index is -0.310. The summed E-state index contributed by atoms with van der Waals surface area (Å²) in [4.78, 5) is 12.0. The third-order valence-electron chi connectivity index (χ3n) is 3.06. The normalized spacial score (nSPS) is 16.8. The monoisotopic (exact) mass is 297 g/mol. The second-order valence-electron chi connectivity index (χ2n) is 4.40. The molecule has 0 aliphatic heterocycles. The Bertz CT molecular complexity index is 414. The first kappa shape index (κ1) is 12.4. The van der Waals surface area contributed by atoms with Crippen molar-refractivity contribution >= 4 is 27.6 Å². The third kappa shape index (κ3) is 3.22. The molecular formula is C13H16BrNO2. The van der Waals surface area contributed by atoms with E-state index < -0.39 is 0 Å². The highest BCUT2D eigenvalue weighted by atomic mass is 79.9. The zero-order valence-corrected chi connectivity index (χ0v) is 11.2. The Hall–Kier alpha value is -1.03. The first-order valence-corrected chi connectivity index (χ1v) is 6.72. The molecule has 1 aromatic carbocycles. The fourth-order valence-electron chi connectivity index (χ4n) is 2.10. The van der Waals surface area contributed by atoms with E-state index in [9.17, 15) is 4.79 Å². The van der Waals surface area contributed by atoms with Crippen LogP contribution in [0.25, 0.3) is 0 Å². The molecule has 2 rings (SSSR count). The number of halogens is 1. The summed E-state index contributed by atoms with van der Waals surface area (Å²) in [6, 6.07) is 5.23. The molecule has 0 heterocycles. The average Bonchev–Trinajstić information content (AvgIpc) is 2.33. The lowest BCUT2D eigenvalue weighted by Crippen LogP contribution is -2.21. The topological polar surface area (TPSA) is 52.3 Å². The van der Waals surface area contributed by atoms with E-state index >= 15 is 0 Å². The summed E-state index contributed by atoms with van der Waals surface area (Å²) < 4.78 is 6.31. The maximum atomic E-state index is 12.0. The number of hydrogen-bond acceptors (Lipinski definition) is 3. The van der Waals surface area contributed by atoms with Gasteiger partial charge in [0.1, 0.15) is 6.10 Å². The van der Waals surface area contributed by atoms with Gasteiger partial charge in [0, 0.05) is 10.2 Å². The fourth-order valence-corrected chi connectivity index (χ4v) is 2.46. The van der Waals surface area contributed by atoms with E-state index in [1.807, 2.05) is 6.07 Å². The lowest BCUT2D eigenvalue weighted by molar-refractivity contribution is 0.0212. The second-order valence-corrected chi connectivity index (χ2v) is 5.31. The van der Waals surface area contributed by atoms with Crippen molar-refractivity contribution in [1.82, 2.24) is 0 Å². The molecule has 1 aromatic rings. The Balaban J connectivity index is 2.05. The van der Waals surface area contributed by atoms with Crippen molar-refractivity contribution in [3.8, 4) is 0 Å². The van der Waals surface area contributed by atoms with Gasteiger partial charge >= 0.3 is 5.97 Å². The number of benzene rings is 1. The molecule has 1 aliphatic rings. The quantitative estimate of drug-likeness (QED) is 0.671. The molecule has 1 aliphatic carbocycles. The SMILES string of the molecule is Nc1ccc(Br)cc1C(=O)OC1CCCCC1. The van der Waals surface area contributed by atoms with Crippen LogP contribution in [0, 0.1) is 0 Å². The number of ether oxygens (including phenoxy) is 1. The number of esters is 1. The molecule has 0 unspecified atom stereocenters. The summed E-state index contributed by atoms with van der Waals surface area (Å²) in [7, 11) is 0. The molecule has 0 spiro atoms. The molecule has 0 amide bonds. The summed E-state index contributed by atoms with van der Waals surface area (Å²) in [5.41, 5.74) is 6.69. The van der Waals surface area contributed by atoms with E-state index in [4.69, 9.17) is 10.5 Å². The van der Waals surface area contributed by atoms with Gasteiger partial charge in [-0.25, -0.2) is 4.79 Å². The van der Waals surface area contributed by atoms with Crippen LogP contribution in [0.4, 0.5) is 5.69 Å². The maximum absolute atomic E-state index is 12.0. The van der Waals surface area contributed by atoms with E-state index in [-0.39, 0.29) is 12.1 Å². The number of carbonyl (C=O) groups is 1. The first-order valence-electron chi connectivity index (χ1n) is 5.93. The molecule has 92 valence electrons. The van der Waals surface area contributed by atoms with Gasteiger partial charge in [-0.15, -0.1) is 0 Å². The number of nitrogens with two attached hydrogens (primary N) is 1. The molecule has 2 N–H and O–H groups in total. The van der Waals surface area contributed by atoms with Crippen LogP contribution in [0.3, 0.4) is 0 Å². The average molecular weight is 298 g/mol. The van der Waals surface area contributed by atoms with E-state index in [1.165, 1.54) is 6.42 Å². The lowest BCUT2D eigenvalue weighted by Gasteiger charge is -2.22. The molecule has 0 bridgehead atoms.